The van der Waals surface area contributed by atoms with Crippen LogP contribution in [0.25, 0.3) is 0 Å². The summed E-state index contributed by atoms with van der Waals surface area (Å²) in [5.41, 5.74) is 1.11. The van der Waals surface area contributed by atoms with Gasteiger partial charge in [0, 0.05) is 9.89 Å². The smallest absolute Gasteiger partial charge is 0.306 e. The lowest BCUT2D eigenvalue weighted by molar-refractivity contribution is -0.140. The van der Waals surface area contributed by atoms with Gasteiger partial charge in [-0.05, 0) is 24.0 Å². The van der Waals surface area contributed by atoms with E-state index in [0.717, 1.165) is 10.9 Å². The predicted molar refractivity (Wildman–Crippen MR) is 65.9 cm³/mol. The molecule has 0 aromatic heterocycles. The van der Waals surface area contributed by atoms with Crippen LogP contribution in [0.2, 0.25) is 0 Å². The molecule has 17 heavy (non-hydrogen) atoms. The number of ether oxygens (including phenoxy) is 1. The van der Waals surface area contributed by atoms with Crippen LogP contribution in [-0.2, 0) is 14.9 Å². The maximum absolute atomic E-state index is 11.0. The van der Waals surface area contributed by atoms with Crippen molar-refractivity contribution < 1.29 is 14.6 Å². The van der Waals surface area contributed by atoms with Crippen molar-refractivity contribution in [3.8, 4) is 0 Å². The molecular weight excluding hydrogens is 284 g/mol. The average molecular weight is 297 g/mol. The van der Waals surface area contributed by atoms with Crippen molar-refractivity contribution in [1.82, 2.24) is 0 Å². The number of hydrogen-bond acceptors (Lipinski definition) is 2. The van der Waals surface area contributed by atoms with Crippen LogP contribution in [0.3, 0.4) is 0 Å². The summed E-state index contributed by atoms with van der Waals surface area (Å²) in [5.74, 6) is -0.633. The van der Waals surface area contributed by atoms with E-state index in [1.807, 2.05) is 18.2 Å². The van der Waals surface area contributed by atoms with E-state index in [2.05, 4.69) is 22.0 Å². The normalized spacial score (nSPS) is 29.5. The number of halogens is 1. The van der Waals surface area contributed by atoms with Gasteiger partial charge in [0.1, 0.15) is 0 Å². The molecule has 2 aliphatic rings. The number of carboxylic acids is 1. The molecule has 0 bridgehead atoms. The molecule has 0 amide bonds. The molecule has 2 unspecified atom stereocenters. The molecule has 1 saturated heterocycles. The van der Waals surface area contributed by atoms with Gasteiger partial charge < -0.3 is 9.84 Å². The molecule has 1 aromatic carbocycles. The Labute approximate surface area is 108 Å². The summed E-state index contributed by atoms with van der Waals surface area (Å²) in [6, 6.07) is 8.05. The monoisotopic (exact) mass is 296 g/mol. The van der Waals surface area contributed by atoms with Gasteiger partial charge in [-0.1, -0.05) is 34.1 Å². The molecular formula is C13H13BrO3. The van der Waals surface area contributed by atoms with Gasteiger partial charge in [0.2, 0.25) is 0 Å². The zero-order valence-electron chi connectivity index (χ0n) is 9.23. The van der Waals surface area contributed by atoms with Crippen LogP contribution < -0.4 is 0 Å². The standard InChI is InChI=1S/C13H13BrO3/c14-11-4-2-1-3-9(11)13(6-17-7-13)10-5-8(10)12(15)16/h1-4,8,10H,5-7H2,(H,15,16). The minimum atomic E-state index is -0.673. The molecule has 1 N–H and O–H groups in total. The molecule has 0 spiro atoms. The maximum atomic E-state index is 11.0. The summed E-state index contributed by atoms with van der Waals surface area (Å²) in [6.07, 6.45) is 0.778. The van der Waals surface area contributed by atoms with E-state index in [1.54, 1.807) is 0 Å². The largest absolute Gasteiger partial charge is 0.481 e. The molecule has 0 radical (unpaired) electrons. The summed E-state index contributed by atoms with van der Waals surface area (Å²) in [4.78, 5) is 11.0. The Kier molecular flexibility index (Phi) is 2.52. The van der Waals surface area contributed by atoms with Gasteiger partial charge in [-0.3, -0.25) is 4.79 Å². The van der Waals surface area contributed by atoms with E-state index in [0.29, 0.717) is 13.2 Å². The predicted octanol–water partition coefficient (Wildman–Crippen LogP) is 2.44. The number of rotatable bonds is 3. The Hall–Kier alpha value is -0.870. The number of carbonyl (C=O) groups is 1. The summed E-state index contributed by atoms with van der Waals surface area (Å²) < 4.78 is 6.42. The van der Waals surface area contributed by atoms with E-state index < -0.39 is 5.97 Å². The van der Waals surface area contributed by atoms with Gasteiger partial charge in [-0.25, -0.2) is 0 Å². The molecule has 2 fully saturated rings. The van der Waals surface area contributed by atoms with Gasteiger partial charge in [-0.15, -0.1) is 0 Å². The van der Waals surface area contributed by atoms with E-state index in [9.17, 15) is 4.79 Å². The van der Waals surface area contributed by atoms with E-state index in [4.69, 9.17) is 9.84 Å². The second kappa shape index (κ2) is 3.82. The topological polar surface area (TPSA) is 46.5 Å². The third-order valence-electron chi connectivity index (χ3n) is 3.95. The quantitative estimate of drug-likeness (QED) is 0.932. The number of hydrogen-bond donors (Lipinski definition) is 1. The Balaban J connectivity index is 1.94. The van der Waals surface area contributed by atoms with Crippen molar-refractivity contribution in [3.63, 3.8) is 0 Å². The molecule has 3 nitrogen and oxygen atoms in total. The minimum absolute atomic E-state index is 0.0802. The number of benzene rings is 1. The van der Waals surface area contributed by atoms with Crippen molar-refractivity contribution in [2.24, 2.45) is 11.8 Å². The third kappa shape index (κ3) is 1.62. The molecule has 1 aliphatic heterocycles. The molecule has 90 valence electrons. The van der Waals surface area contributed by atoms with Crippen LogP contribution in [0.15, 0.2) is 28.7 Å². The fourth-order valence-corrected chi connectivity index (χ4v) is 3.51. The number of aliphatic carboxylic acids is 1. The van der Waals surface area contributed by atoms with Gasteiger partial charge in [-0.2, -0.15) is 0 Å². The first-order valence-corrected chi connectivity index (χ1v) is 6.50. The SMILES string of the molecule is O=C(O)C1CC1C1(c2ccccc2Br)COC1. The van der Waals surface area contributed by atoms with Crippen molar-refractivity contribution in [2.45, 2.75) is 11.8 Å². The molecule has 3 rings (SSSR count). The highest BCUT2D eigenvalue weighted by Gasteiger charge is 2.60. The summed E-state index contributed by atoms with van der Waals surface area (Å²) >= 11 is 3.56. The highest BCUT2D eigenvalue weighted by molar-refractivity contribution is 9.10. The Bertz CT molecular complexity index is 467. The molecule has 1 aliphatic carbocycles. The Morgan fingerprint density at radius 3 is 2.59 bits per heavy atom. The first-order chi connectivity index (χ1) is 8.15. The summed E-state index contributed by atoms with van der Waals surface area (Å²) in [5, 5.41) is 9.07. The van der Waals surface area contributed by atoms with E-state index >= 15 is 0 Å². The molecule has 2 atom stereocenters. The molecule has 1 heterocycles. The highest BCUT2D eigenvalue weighted by atomic mass is 79.9. The van der Waals surface area contributed by atoms with Crippen molar-refractivity contribution in [1.29, 1.82) is 0 Å². The summed E-state index contributed by atoms with van der Waals surface area (Å²) in [6.45, 7) is 1.29. The zero-order chi connectivity index (χ0) is 12.0. The van der Waals surface area contributed by atoms with Crippen LogP contribution >= 0.6 is 15.9 Å². The van der Waals surface area contributed by atoms with Gasteiger partial charge in [0.05, 0.1) is 19.1 Å². The highest BCUT2D eigenvalue weighted by Crippen LogP contribution is 2.56. The van der Waals surface area contributed by atoms with Gasteiger partial charge >= 0.3 is 5.97 Å². The minimum Gasteiger partial charge on any atom is -0.481 e. The van der Waals surface area contributed by atoms with Crippen LogP contribution in [0.4, 0.5) is 0 Å². The van der Waals surface area contributed by atoms with E-state index in [1.165, 1.54) is 5.56 Å². The molecule has 4 heteroatoms. The maximum Gasteiger partial charge on any atom is 0.306 e. The first-order valence-electron chi connectivity index (χ1n) is 5.71. The van der Waals surface area contributed by atoms with Crippen LogP contribution in [0.1, 0.15) is 12.0 Å². The Morgan fingerprint density at radius 1 is 1.41 bits per heavy atom. The first kappa shape index (κ1) is 11.2. The lowest BCUT2D eigenvalue weighted by atomic mass is 9.73. The fourth-order valence-electron chi connectivity index (χ4n) is 2.83. The van der Waals surface area contributed by atoms with Crippen LogP contribution in [0, 0.1) is 11.8 Å². The van der Waals surface area contributed by atoms with E-state index in [-0.39, 0.29) is 17.3 Å². The second-order valence-corrected chi connectivity index (χ2v) is 5.77. The van der Waals surface area contributed by atoms with Crippen molar-refractivity contribution >= 4 is 21.9 Å². The number of carboxylic acid groups (broad SMARTS) is 1. The average Bonchev–Trinajstić information content (AvgIpc) is 2.99. The fraction of sp³-hybridized carbons (Fsp3) is 0.462. The van der Waals surface area contributed by atoms with Crippen LogP contribution in [0.5, 0.6) is 0 Å². The second-order valence-electron chi connectivity index (χ2n) is 4.92. The Morgan fingerprint density at radius 2 is 2.12 bits per heavy atom. The lowest BCUT2D eigenvalue weighted by Gasteiger charge is -2.43. The molecule has 1 saturated carbocycles. The van der Waals surface area contributed by atoms with Gasteiger partial charge in [0.15, 0.2) is 0 Å². The lowest BCUT2D eigenvalue weighted by Crippen LogP contribution is -2.49. The summed E-state index contributed by atoms with van der Waals surface area (Å²) in [7, 11) is 0. The van der Waals surface area contributed by atoms with Crippen molar-refractivity contribution in [2.75, 3.05) is 13.2 Å². The zero-order valence-corrected chi connectivity index (χ0v) is 10.8. The molecule has 1 aromatic rings. The third-order valence-corrected chi connectivity index (χ3v) is 4.64. The van der Waals surface area contributed by atoms with Gasteiger partial charge in [0.25, 0.3) is 0 Å². The van der Waals surface area contributed by atoms with Crippen LogP contribution in [-0.4, -0.2) is 24.3 Å². The van der Waals surface area contributed by atoms with Crippen molar-refractivity contribution in [3.05, 3.63) is 34.3 Å².